The molecule has 5 heteroatoms. The van der Waals surface area contributed by atoms with Gasteiger partial charge in [-0.3, -0.25) is 9.59 Å². The maximum Gasteiger partial charge on any atom is 0.198 e. The average molecular weight is 386 g/mol. The molecular weight excluding hydrogens is 368 g/mol. The van der Waals surface area contributed by atoms with Crippen molar-refractivity contribution in [2.45, 2.75) is 25.4 Å². The molecule has 144 valence electrons. The Balaban J connectivity index is 1.82. The van der Waals surface area contributed by atoms with Gasteiger partial charge in [0.15, 0.2) is 11.6 Å². The van der Waals surface area contributed by atoms with Crippen LogP contribution in [0.2, 0.25) is 0 Å². The fourth-order valence-corrected chi connectivity index (χ4v) is 4.76. The molecule has 2 unspecified atom stereocenters. The molecule has 0 radical (unpaired) electrons. The molecule has 0 aliphatic heterocycles. The lowest BCUT2D eigenvalue weighted by molar-refractivity contribution is 0.0973. The molecule has 3 aromatic rings. The molecule has 0 heterocycles. The average Bonchev–Trinajstić information content (AvgIpc) is 3.07. The third-order valence-electron chi connectivity index (χ3n) is 6.10. The number of fused-ring (bicyclic) bond motifs is 3. The Morgan fingerprint density at radius 1 is 0.793 bits per heavy atom. The van der Waals surface area contributed by atoms with Crippen LogP contribution in [-0.4, -0.2) is 26.9 Å². The minimum absolute atomic E-state index is 0.134. The Labute approximate surface area is 166 Å². The SMILES string of the molecule is Cc1ccccc1C1CC(O)c2c(O)c3c(c(O)c21)C(=O)c1ccccc1C3=O. The largest absolute Gasteiger partial charge is 0.507 e. The molecule has 29 heavy (non-hydrogen) atoms. The van der Waals surface area contributed by atoms with Gasteiger partial charge in [-0.2, -0.15) is 0 Å². The number of aryl methyl sites for hydroxylation is 1. The van der Waals surface area contributed by atoms with Gasteiger partial charge in [0.2, 0.25) is 0 Å². The molecule has 0 aromatic heterocycles. The van der Waals surface area contributed by atoms with Crippen molar-refractivity contribution in [2.75, 3.05) is 0 Å². The van der Waals surface area contributed by atoms with Crippen molar-refractivity contribution in [3.8, 4) is 11.5 Å². The number of hydrogen-bond acceptors (Lipinski definition) is 5. The number of aromatic hydroxyl groups is 2. The summed E-state index contributed by atoms with van der Waals surface area (Å²) in [5, 5.41) is 32.8. The van der Waals surface area contributed by atoms with E-state index in [9.17, 15) is 24.9 Å². The third kappa shape index (κ3) is 2.25. The molecule has 0 bridgehead atoms. The maximum absolute atomic E-state index is 13.1. The fourth-order valence-electron chi connectivity index (χ4n) is 4.76. The van der Waals surface area contributed by atoms with E-state index in [1.807, 2.05) is 31.2 Å². The quantitative estimate of drug-likeness (QED) is 0.433. The fraction of sp³-hybridized carbons (Fsp3) is 0.167. The topological polar surface area (TPSA) is 94.8 Å². The minimum Gasteiger partial charge on any atom is -0.507 e. The molecule has 5 nitrogen and oxygen atoms in total. The van der Waals surface area contributed by atoms with E-state index in [1.165, 1.54) is 12.1 Å². The zero-order valence-electron chi connectivity index (χ0n) is 15.6. The molecule has 0 saturated carbocycles. The normalized spacial score (nSPS) is 19.7. The number of rotatable bonds is 1. The van der Waals surface area contributed by atoms with Gasteiger partial charge in [-0.25, -0.2) is 0 Å². The lowest BCUT2D eigenvalue weighted by atomic mass is 9.79. The van der Waals surface area contributed by atoms with Crippen LogP contribution in [-0.2, 0) is 0 Å². The van der Waals surface area contributed by atoms with Crippen LogP contribution >= 0.6 is 0 Å². The number of ketones is 2. The van der Waals surface area contributed by atoms with Crippen molar-refractivity contribution >= 4 is 11.6 Å². The first kappa shape index (κ1) is 17.6. The van der Waals surface area contributed by atoms with Gasteiger partial charge >= 0.3 is 0 Å². The molecule has 3 aromatic carbocycles. The van der Waals surface area contributed by atoms with E-state index in [4.69, 9.17) is 0 Å². The van der Waals surface area contributed by atoms with Crippen LogP contribution < -0.4 is 0 Å². The van der Waals surface area contributed by atoms with E-state index in [2.05, 4.69) is 0 Å². The summed E-state index contributed by atoms with van der Waals surface area (Å²) >= 11 is 0. The molecule has 0 amide bonds. The van der Waals surface area contributed by atoms with Gasteiger partial charge in [-0.05, 0) is 24.5 Å². The first-order valence-electron chi connectivity index (χ1n) is 9.45. The summed E-state index contributed by atoms with van der Waals surface area (Å²) in [6, 6.07) is 14.0. The van der Waals surface area contributed by atoms with Crippen molar-refractivity contribution < 1.29 is 24.9 Å². The minimum atomic E-state index is -1.05. The molecule has 5 rings (SSSR count). The molecular formula is C24H18O5. The van der Waals surface area contributed by atoms with Crippen LogP contribution in [0.3, 0.4) is 0 Å². The van der Waals surface area contributed by atoms with E-state index >= 15 is 0 Å². The predicted octanol–water partition coefficient (Wildman–Crippen LogP) is 3.75. The summed E-state index contributed by atoms with van der Waals surface area (Å²) in [4.78, 5) is 26.2. The second kappa shape index (κ2) is 6.03. The van der Waals surface area contributed by atoms with Gasteiger partial charge in [0.1, 0.15) is 11.5 Å². The predicted molar refractivity (Wildman–Crippen MR) is 106 cm³/mol. The summed E-state index contributed by atoms with van der Waals surface area (Å²) in [5.41, 5.74) is 2.30. The molecule has 2 aliphatic carbocycles. The summed E-state index contributed by atoms with van der Waals surface area (Å²) in [5.74, 6) is -2.17. The third-order valence-corrected chi connectivity index (χ3v) is 6.10. The van der Waals surface area contributed by atoms with E-state index < -0.39 is 29.3 Å². The Morgan fingerprint density at radius 3 is 1.90 bits per heavy atom. The second-order valence-corrected chi connectivity index (χ2v) is 7.64. The molecule has 0 spiro atoms. The van der Waals surface area contributed by atoms with Gasteiger partial charge in [0.05, 0.1) is 17.2 Å². The molecule has 2 aliphatic rings. The zero-order chi connectivity index (χ0) is 20.4. The van der Waals surface area contributed by atoms with Crippen LogP contribution in [0.1, 0.15) is 72.5 Å². The number of carbonyl (C=O) groups is 2. The Morgan fingerprint density at radius 2 is 1.31 bits per heavy atom. The van der Waals surface area contributed by atoms with Crippen molar-refractivity contribution in [2.24, 2.45) is 0 Å². The van der Waals surface area contributed by atoms with Gasteiger partial charge in [0.25, 0.3) is 0 Å². The van der Waals surface area contributed by atoms with Crippen LogP contribution in [0.4, 0.5) is 0 Å². The molecule has 2 atom stereocenters. The first-order chi connectivity index (χ1) is 13.9. The van der Waals surface area contributed by atoms with Crippen molar-refractivity contribution in [1.29, 1.82) is 0 Å². The van der Waals surface area contributed by atoms with Gasteiger partial charge < -0.3 is 15.3 Å². The van der Waals surface area contributed by atoms with Gasteiger partial charge in [0, 0.05) is 28.2 Å². The summed E-state index contributed by atoms with van der Waals surface area (Å²) in [6.07, 6.45) is -0.801. The van der Waals surface area contributed by atoms with Crippen molar-refractivity contribution in [1.82, 2.24) is 0 Å². The summed E-state index contributed by atoms with van der Waals surface area (Å²) < 4.78 is 0. The summed E-state index contributed by atoms with van der Waals surface area (Å²) in [7, 11) is 0. The Kier molecular flexibility index (Phi) is 3.67. The lowest BCUT2D eigenvalue weighted by Crippen LogP contribution is -2.22. The number of carbonyl (C=O) groups excluding carboxylic acids is 2. The van der Waals surface area contributed by atoms with Crippen molar-refractivity contribution in [3.63, 3.8) is 0 Å². The van der Waals surface area contributed by atoms with E-state index in [0.29, 0.717) is 5.56 Å². The maximum atomic E-state index is 13.1. The van der Waals surface area contributed by atoms with Crippen LogP contribution in [0.25, 0.3) is 0 Å². The number of aliphatic hydroxyl groups is 1. The summed E-state index contributed by atoms with van der Waals surface area (Å²) in [6.45, 7) is 1.93. The molecule has 0 fully saturated rings. The van der Waals surface area contributed by atoms with E-state index in [-0.39, 0.29) is 40.0 Å². The van der Waals surface area contributed by atoms with E-state index in [1.54, 1.807) is 12.1 Å². The lowest BCUT2D eigenvalue weighted by Gasteiger charge is -2.24. The zero-order valence-corrected chi connectivity index (χ0v) is 15.6. The Bertz CT molecular complexity index is 1220. The van der Waals surface area contributed by atoms with E-state index in [0.717, 1.165) is 11.1 Å². The standard InChI is InChI=1S/C24H18O5/c1-11-6-2-3-7-12(11)15-10-16(25)18-17(15)23(28)19-20(24(18)29)22(27)14-9-5-4-8-13(14)21(19)26/h2-9,15-16,25,28-29H,10H2,1H3. The highest BCUT2D eigenvalue weighted by Gasteiger charge is 2.44. The van der Waals surface area contributed by atoms with Gasteiger partial charge in [-0.1, -0.05) is 48.5 Å². The second-order valence-electron chi connectivity index (χ2n) is 7.64. The smallest absolute Gasteiger partial charge is 0.198 e. The first-order valence-corrected chi connectivity index (χ1v) is 9.45. The van der Waals surface area contributed by atoms with Gasteiger partial charge in [-0.15, -0.1) is 0 Å². The monoisotopic (exact) mass is 386 g/mol. The highest BCUT2D eigenvalue weighted by molar-refractivity contribution is 6.30. The number of benzene rings is 3. The van der Waals surface area contributed by atoms with Crippen LogP contribution in [0, 0.1) is 6.92 Å². The highest BCUT2D eigenvalue weighted by atomic mass is 16.3. The number of phenols is 2. The number of aliphatic hydroxyl groups excluding tert-OH is 1. The van der Waals surface area contributed by atoms with Crippen molar-refractivity contribution in [3.05, 3.63) is 93.0 Å². The van der Waals surface area contributed by atoms with Crippen LogP contribution in [0.5, 0.6) is 11.5 Å². The highest BCUT2D eigenvalue weighted by Crippen LogP contribution is 2.55. The molecule has 3 N–H and O–H groups in total. The Hall–Kier alpha value is -3.44. The molecule has 0 saturated heterocycles. The number of phenolic OH excluding ortho intramolecular Hbond substituents is 2. The number of hydrogen-bond donors (Lipinski definition) is 3. The van der Waals surface area contributed by atoms with Crippen LogP contribution in [0.15, 0.2) is 48.5 Å².